The van der Waals surface area contributed by atoms with Crippen LogP contribution in [0.1, 0.15) is 50.7 Å². The summed E-state index contributed by atoms with van der Waals surface area (Å²) in [5.74, 6) is -1.80. The summed E-state index contributed by atoms with van der Waals surface area (Å²) >= 11 is 1.09. The van der Waals surface area contributed by atoms with Crippen molar-refractivity contribution in [2.45, 2.75) is 45.6 Å². The molecule has 0 fully saturated rings. The van der Waals surface area contributed by atoms with Crippen LogP contribution in [0.15, 0.2) is 65.8 Å². The summed E-state index contributed by atoms with van der Waals surface area (Å²) in [4.78, 5) is 50.9. The molecule has 2 aromatic rings. The first kappa shape index (κ1) is 28.1. The summed E-state index contributed by atoms with van der Waals surface area (Å²) in [5, 5.41) is 8.42. The van der Waals surface area contributed by atoms with E-state index in [1.165, 1.54) is 6.92 Å². The van der Waals surface area contributed by atoms with Crippen LogP contribution < -0.4 is 5.32 Å². The van der Waals surface area contributed by atoms with Gasteiger partial charge in [-0.05, 0) is 36.8 Å². The molecule has 1 aliphatic rings. The number of esters is 1. The average Bonchev–Trinajstić information content (AvgIpc) is 3.04. The monoisotopic (exact) mass is 523 g/mol. The first-order chi connectivity index (χ1) is 17.8. The Kier molecular flexibility index (Phi) is 10.4. The molecule has 0 bridgehead atoms. The Labute approximate surface area is 221 Å². The van der Waals surface area contributed by atoms with Gasteiger partial charge >= 0.3 is 5.97 Å². The number of benzene rings is 2. The van der Waals surface area contributed by atoms with Crippen molar-refractivity contribution in [3.8, 4) is 0 Å². The van der Waals surface area contributed by atoms with E-state index < -0.39 is 23.8 Å². The molecule has 9 heteroatoms. The maximum absolute atomic E-state index is 13.5. The van der Waals surface area contributed by atoms with Gasteiger partial charge in [0.25, 0.3) is 5.91 Å². The second-order valence-electron chi connectivity index (χ2n) is 8.82. The van der Waals surface area contributed by atoms with Gasteiger partial charge in [0.2, 0.25) is 5.91 Å². The number of thioether (sulfide) groups is 1. The maximum Gasteiger partial charge on any atom is 0.327 e. The van der Waals surface area contributed by atoms with Crippen molar-refractivity contribution in [3.63, 3.8) is 0 Å². The standard InChI is InChI=1S/C28H33N3O5S/c1-4-36-26(33)17-31-28(35)25(16-15-24(30-31)22-13-9-6-10-14-22)29-27(34)23(18-37-20(3)32)19(2)21-11-7-5-8-12-21/h5-14,19,23,25H,4,15-18H2,1-3H3,(H,29,34)/t19-,23+,25-/m0/s1. The topological polar surface area (TPSA) is 105 Å². The molecule has 0 saturated carbocycles. The van der Waals surface area contributed by atoms with Crippen LogP contribution >= 0.6 is 11.8 Å². The smallest absolute Gasteiger partial charge is 0.327 e. The van der Waals surface area contributed by atoms with Crippen molar-refractivity contribution in [1.29, 1.82) is 0 Å². The predicted molar refractivity (Wildman–Crippen MR) is 144 cm³/mol. The second kappa shape index (κ2) is 13.7. The minimum absolute atomic E-state index is 0.0786. The number of amides is 2. The van der Waals surface area contributed by atoms with E-state index in [4.69, 9.17) is 4.74 Å². The van der Waals surface area contributed by atoms with Crippen LogP contribution in [0.4, 0.5) is 0 Å². The quantitative estimate of drug-likeness (QED) is 0.476. The van der Waals surface area contributed by atoms with Gasteiger partial charge in [0.1, 0.15) is 12.6 Å². The van der Waals surface area contributed by atoms with E-state index in [0.717, 1.165) is 27.9 Å². The molecule has 2 aromatic carbocycles. The fourth-order valence-electron chi connectivity index (χ4n) is 4.16. The number of rotatable bonds is 10. The van der Waals surface area contributed by atoms with Gasteiger partial charge in [-0.1, -0.05) is 79.3 Å². The largest absolute Gasteiger partial charge is 0.465 e. The van der Waals surface area contributed by atoms with Gasteiger partial charge in [-0.2, -0.15) is 5.10 Å². The predicted octanol–water partition coefficient (Wildman–Crippen LogP) is 3.76. The molecule has 1 heterocycles. The molecule has 8 nitrogen and oxygen atoms in total. The Bertz CT molecular complexity index is 1120. The minimum Gasteiger partial charge on any atom is -0.465 e. The van der Waals surface area contributed by atoms with Gasteiger partial charge in [-0.15, -0.1) is 0 Å². The van der Waals surface area contributed by atoms with Crippen molar-refractivity contribution in [1.82, 2.24) is 10.3 Å². The lowest BCUT2D eigenvalue weighted by atomic mass is 9.88. The van der Waals surface area contributed by atoms with Crippen molar-refractivity contribution in [3.05, 3.63) is 71.8 Å². The molecule has 0 radical (unpaired) electrons. The summed E-state index contributed by atoms with van der Waals surface area (Å²) < 4.78 is 5.04. The van der Waals surface area contributed by atoms with Crippen molar-refractivity contribution < 1.29 is 23.9 Å². The van der Waals surface area contributed by atoms with Crippen LogP contribution in [0.2, 0.25) is 0 Å². The van der Waals surface area contributed by atoms with Gasteiger partial charge in [0, 0.05) is 12.7 Å². The van der Waals surface area contributed by atoms with E-state index in [9.17, 15) is 19.2 Å². The average molecular weight is 524 g/mol. The van der Waals surface area contributed by atoms with E-state index >= 15 is 0 Å². The minimum atomic E-state index is -0.875. The van der Waals surface area contributed by atoms with E-state index in [1.54, 1.807) is 6.92 Å². The second-order valence-corrected chi connectivity index (χ2v) is 10.0. The Morgan fingerprint density at radius 3 is 2.38 bits per heavy atom. The molecule has 1 aliphatic heterocycles. The zero-order valence-corrected chi connectivity index (χ0v) is 22.2. The zero-order chi connectivity index (χ0) is 26.8. The molecule has 3 atom stereocenters. The highest BCUT2D eigenvalue weighted by atomic mass is 32.2. The number of nitrogens with one attached hydrogen (secondary N) is 1. The van der Waals surface area contributed by atoms with E-state index in [2.05, 4.69) is 10.4 Å². The highest BCUT2D eigenvalue weighted by molar-refractivity contribution is 8.13. The Hall–Kier alpha value is -3.46. The van der Waals surface area contributed by atoms with E-state index in [0.29, 0.717) is 18.6 Å². The van der Waals surface area contributed by atoms with Crippen LogP contribution in [0.5, 0.6) is 0 Å². The van der Waals surface area contributed by atoms with E-state index in [-0.39, 0.29) is 35.8 Å². The lowest BCUT2D eigenvalue weighted by Gasteiger charge is -2.26. The van der Waals surface area contributed by atoms with Gasteiger partial charge in [0.15, 0.2) is 5.12 Å². The normalized spacial score (nSPS) is 17.3. The lowest BCUT2D eigenvalue weighted by Crippen LogP contribution is -2.50. The highest BCUT2D eigenvalue weighted by Crippen LogP contribution is 2.28. The third kappa shape index (κ3) is 8.01. The molecular formula is C28H33N3O5S. The first-order valence-corrected chi connectivity index (χ1v) is 13.4. The van der Waals surface area contributed by atoms with Crippen molar-refractivity contribution in [2.75, 3.05) is 18.9 Å². The summed E-state index contributed by atoms with van der Waals surface area (Å²) in [5.41, 5.74) is 2.46. The number of nitrogens with zero attached hydrogens (tertiary/aromatic N) is 2. The molecule has 196 valence electrons. The van der Waals surface area contributed by atoms with Crippen LogP contribution in [0.3, 0.4) is 0 Å². The van der Waals surface area contributed by atoms with Crippen molar-refractivity contribution >= 4 is 40.4 Å². The summed E-state index contributed by atoms with van der Waals surface area (Å²) in [6.07, 6.45) is 0.755. The first-order valence-electron chi connectivity index (χ1n) is 12.4. The molecule has 0 aromatic heterocycles. The third-order valence-corrected chi connectivity index (χ3v) is 7.14. The Morgan fingerprint density at radius 1 is 1.11 bits per heavy atom. The van der Waals surface area contributed by atoms with E-state index in [1.807, 2.05) is 67.6 Å². The van der Waals surface area contributed by atoms with Gasteiger partial charge in [0.05, 0.1) is 18.2 Å². The van der Waals surface area contributed by atoms with Gasteiger partial charge < -0.3 is 10.1 Å². The SMILES string of the molecule is CCOC(=O)CN1N=C(c2ccccc2)CC[C@H](NC(=O)[C@H](CSC(C)=O)[C@@H](C)c2ccccc2)C1=O. The molecule has 1 N–H and O–H groups in total. The molecule has 0 unspecified atom stereocenters. The Balaban J connectivity index is 1.84. The van der Waals surface area contributed by atoms with Gasteiger partial charge in [-0.25, -0.2) is 5.01 Å². The lowest BCUT2D eigenvalue weighted by molar-refractivity contribution is -0.149. The van der Waals surface area contributed by atoms with Crippen LogP contribution in [0.25, 0.3) is 0 Å². The maximum atomic E-state index is 13.5. The fraction of sp³-hybridized carbons (Fsp3) is 0.393. The van der Waals surface area contributed by atoms with Crippen molar-refractivity contribution in [2.24, 2.45) is 11.0 Å². The number of hydrogen-bond acceptors (Lipinski definition) is 7. The molecule has 0 aliphatic carbocycles. The summed E-state index contributed by atoms with van der Waals surface area (Å²) in [7, 11) is 0. The Morgan fingerprint density at radius 2 is 1.76 bits per heavy atom. The summed E-state index contributed by atoms with van der Waals surface area (Å²) in [6, 6.07) is 18.2. The number of hydrogen-bond donors (Lipinski definition) is 1. The number of hydrazone groups is 1. The molecular weight excluding hydrogens is 490 g/mol. The number of carbonyl (C=O) groups is 4. The van der Waals surface area contributed by atoms with Gasteiger partial charge in [-0.3, -0.25) is 19.2 Å². The molecule has 0 saturated heterocycles. The highest BCUT2D eigenvalue weighted by Gasteiger charge is 2.34. The zero-order valence-electron chi connectivity index (χ0n) is 21.4. The fourth-order valence-corrected chi connectivity index (χ4v) is 5.01. The third-order valence-electron chi connectivity index (χ3n) is 6.20. The van der Waals surface area contributed by atoms with Crippen LogP contribution in [-0.4, -0.2) is 58.6 Å². The molecule has 2 amide bonds. The van der Waals surface area contributed by atoms with Crippen LogP contribution in [-0.2, 0) is 23.9 Å². The molecule has 3 rings (SSSR count). The number of carbonyl (C=O) groups excluding carboxylic acids is 4. The molecule has 37 heavy (non-hydrogen) atoms. The summed E-state index contributed by atoms with van der Waals surface area (Å²) in [6.45, 7) is 4.94. The van der Waals surface area contributed by atoms with Crippen LogP contribution in [0, 0.1) is 5.92 Å². The molecule has 0 spiro atoms. The number of ether oxygens (including phenoxy) is 1.